The van der Waals surface area contributed by atoms with Crippen molar-refractivity contribution in [3.63, 3.8) is 0 Å². The lowest BCUT2D eigenvalue weighted by Crippen LogP contribution is -2.19. The van der Waals surface area contributed by atoms with Crippen molar-refractivity contribution in [2.75, 3.05) is 14.1 Å². The zero-order valence-corrected chi connectivity index (χ0v) is 13.5. The molecule has 3 aromatic rings. The molecule has 6 heteroatoms. The zero-order valence-electron chi connectivity index (χ0n) is 13.5. The van der Waals surface area contributed by atoms with Gasteiger partial charge >= 0.3 is 0 Å². The smallest absolute Gasteiger partial charge is 0.244 e. The summed E-state index contributed by atoms with van der Waals surface area (Å²) < 4.78 is 5.39. The molecule has 0 radical (unpaired) electrons. The van der Waals surface area contributed by atoms with Crippen LogP contribution in [0.1, 0.15) is 25.3 Å². The highest BCUT2D eigenvalue weighted by molar-refractivity contribution is 5.60. The molecule has 0 amide bonds. The van der Waals surface area contributed by atoms with E-state index in [9.17, 15) is 0 Å². The summed E-state index contributed by atoms with van der Waals surface area (Å²) in [6.07, 6.45) is 4.44. The Kier molecular flexibility index (Phi) is 4.43. The minimum atomic E-state index is 0.115. The first-order chi connectivity index (χ1) is 11.2. The van der Waals surface area contributed by atoms with Gasteiger partial charge < -0.3 is 4.52 Å². The van der Waals surface area contributed by atoms with E-state index in [2.05, 4.69) is 31.9 Å². The predicted molar refractivity (Wildman–Crippen MR) is 87.5 cm³/mol. The van der Waals surface area contributed by atoms with Crippen molar-refractivity contribution in [2.45, 2.75) is 19.4 Å². The molecular weight excluding hydrogens is 290 g/mol. The molecule has 3 aromatic heterocycles. The molecule has 3 heterocycles. The van der Waals surface area contributed by atoms with Crippen LogP contribution in [0, 0.1) is 0 Å². The molecule has 0 fully saturated rings. The summed E-state index contributed by atoms with van der Waals surface area (Å²) in [6, 6.07) is 9.75. The van der Waals surface area contributed by atoms with Gasteiger partial charge in [0.1, 0.15) is 5.69 Å². The highest BCUT2D eigenvalue weighted by Gasteiger charge is 2.20. The third-order valence-corrected chi connectivity index (χ3v) is 3.69. The van der Waals surface area contributed by atoms with Gasteiger partial charge in [0.05, 0.1) is 11.7 Å². The Hall–Kier alpha value is -2.60. The average molecular weight is 309 g/mol. The van der Waals surface area contributed by atoms with E-state index in [-0.39, 0.29) is 6.04 Å². The van der Waals surface area contributed by atoms with Crippen molar-refractivity contribution in [1.82, 2.24) is 25.0 Å². The molecule has 0 saturated heterocycles. The van der Waals surface area contributed by atoms with E-state index in [1.165, 1.54) is 0 Å². The first kappa shape index (κ1) is 15.3. The van der Waals surface area contributed by atoms with Crippen molar-refractivity contribution in [1.29, 1.82) is 0 Å². The zero-order chi connectivity index (χ0) is 16.2. The molecule has 0 bridgehead atoms. The molecular formula is C17H19N5O. The van der Waals surface area contributed by atoms with Crippen LogP contribution in [-0.4, -0.2) is 39.1 Å². The van der Waals surface area contributed by atoms with E-state index in [1.807, 2.05) is 44.4 Å². The van der Waals surface area contributed by atoms with E-state index in [4.69, 9.17) is 4.52 Å². The lowest BCUT2D eigenvalue weighted by Gasteiger charge is -2.17. The fourth-order valence-electron chi connectivity index (χ4n) is 2.45. The maximum atomic E-state index is 5.39. The van der Waals surface area contributed by atoms with Crippen molar-refractivity contribution in [3.05, 3.63) is 48.6 Å². The van der Waals surface area contributed by atoms with E-state index in [1.54, 1.807) is 12.4 Å². The Labute approximate surface area is 135 Å². The van der Waals surface area contributed by atoms with Crippen LogP contribution in [0.5, 0.6) is 0 Å². The standard InChI is InChI=1S/C17H19N5O/c1-4-15(22(2)3)17-20-16(21-23-17)14-9-8-12(11-19-14)13-7-5-6-10-18-13/h5-11,15H,4H2,1-3H3. The second-order valence-corrected chi connectivity index (χ2v) is 5.49. The maximum absolute atomic E-state index is 5.39. The van der Waals surface area contributed by atoms with Crippen molar-refractivity contribution in [3.8, 4) is 22.8 Å². The summed E-state index contributed by atoms with van der Waals surface area (Å²) in [7, 11) is 4.00. The molecule has 0 spiro atoms. The lowest BCUT2D eigenvalue weighted by atomic mass is 10.2. The Bertz CT molecular complexity index is 752. The molecule has 3 rings (SSSR count). The molecule has 0 aliphatic heterocycles. The summed E-state index contributed by atoms with van der Waals surface area (Å²) in [4.78, 5) is 15.3. The van der Waals surface area contributed by atoms with Gasteiger partial charge in [0.2, 0.25) is 11.7 Å². The van der Waals surface area contributed by atoms with Gasteiger partial charge in [-0.1, -0.05) is 18.1 Å². The largest absolute Gasteiger partial charge is 0.337 e. The van der Waals surface area contributed by atoms with Gasteiger partial charge in [0.15, 0.2) is 0 Å². The van der Waals surface area contributed by atoms with Crippen LogP contribution >= 0.6 is 0 Å². The topological polar surface area (TPSA) is 67.9 Å². The highest BCUT2D eigenvalue weighted by atomic mass is 16.5. The van der Waals surface area contributed by atoms with Crippen LogP contribution in [0.3, 0.4) is 0 Å². The van der Waals surface area contributed by atoms with Gasteiger partial charge in [-0.3, -0.25) is 14.9 Å². The molecule has 23 heavy (non-hydrogen) atoms. The summed E-state index contributed by atoms with van der Waals surface area (Å²) in [6.45, 7) is 2.09. The van der Waals surface area contributed by atoms with Crippen LogP contribution in [0.15, 0.2) is 47.2 Å². The van der Waals surface area contributed by atoms with Gasteiger partial charge in [0.25, 0.3) is 0 Å². The SMILES string of the molecule is CCC(c1nc(-c2ccc(-c3ccccn3)cn2)no1)N(C)C. The van der Waals surface area contributed by atoms with Gasteiger partial charge in [-0.2, -0.15) is 4.98 Å². The molecule has 0 N–H and O–H groups in total. The summed E-state index contributed by atoms with van der Waals surface area (Å²) in [5.74, 6) is 1.12. The molecule has 118 valence electrons. The molecule has 1 atom stereocenters. The Morgan fingerprint density at radius 1 is 1.09 bits per heavy atom. The number of nitrogens with zero attached hydrogens (tertiary/aromatic N) is 5. The highest BCUT2D eigenvalue weighted by Crippen LogP contribution is 2.23. The summed E-state index contributed by atoms with van der Waals surface area (Å²) >= 11 is 0. The minimum Gasteiger partial charge on any atom is -0.337 e. The molecule has 0 aliphatic rings. The maximum Gasteiger partial charge on any atom is 0.244 e. The van der Waals surface area contributed by atoms with E-state index in [0.717, 1.165) is 17.7 Å². The lowest BCUT2D eigenvalue weighted by molar-refractivity contribution is 0.224. The molecule has 6 nitrogen and oxygen atoms in total. The normalized spacial score (nSPS) is 12.5. The molecule has 0 aromatic carbocycles. The Morgan fingerprint density at radius 3 is 2.57 bits per heavy atom. The van der Waals surface area contributed by atoms with Crippen LogP contribution < -0.4 is 0 Å². The number of hydrogen-bond donors (Lipinski definition) is 0. The summed E-state index contributed by atoms with van der Waals surface area (Å²) in [5, 5.41) is 4.05. The van der Waals surface area contributed by atoms with Crippen LogP contribution in [0.4, 0.5) is 0 Å². The number of hydrogen-bond acceptors (Lipinski definition) is 6. The number of rotatable bonds is 5. The Morgan fingerprint density at radius 2 is 1.96 bits per heavy atom. The average Bonchev–Trinajstić information content (AvgIpc) is 3.06. The third-order valence-electron chi connectivity index (χ3n) is 3.69. The van der Waals surface area contributed by atoms with E-state index < -0.39 is 0 Å². The fraction of sp³-hybridized carbons (Fsp3) is 0.294. The van der Waals surface area contributed by atoms with Crippen LogP contribution in [0.2, 0.25) is 0 Å². The molecule has 0 aliphatic carbocycles. The number of pyridine rings is 2. The van der Waals surface area contributed by atoms with E-state index >= 15 is 0 Å². The fourth-order valence-corrected chi connectivity index (χ4v) is 2.45. The van der Waals surface area contributed by atoms with E-state index in [0.29, 0.717) is 17.4 Å². The van der Waals surface area contributed by atoms with Crippen molar-refractivity contribution < 1.29 is 4.52 Å². The molecule has 0 saturated carbocycles. The van der Waals surface area contributed by atoms with Crippen molar-refractivity contribution in [2.24, 2.45) is 0 Å². The molecule has 1 unspecified atom stereocenters. The summed E-state index contributed by atoms with van der Waals surface area (Å²) in [5.41, 5.74) is 2.53. The van der Waals surface area contributed by atoms with Crippen LogP contribution in [-0.2, 0) is 0 Å². The quantitative estimate of drug-likeness (QED) is 0.721. The second kappa shape index (κ2) is 6.66. The van der Waals surface area contributed by atoms with Gasteiger partial charge in [0, 0.05) is 18.0 Å². The van der Waals surface area contributed by atoms with Crippen LogP contribution in [0.25, 0.3) is 22.8 Å². The van der Waals surface area contributed by atoms with Crippen molar-refractivity contribution >= 4 is 0 Å². The number of aromatic nitrogens is 4. The third kappa shape index (κ3) is 3.27. The monoisotopic (exact) mass is 309 g/mol. The second-order valence-electron chi connectivity index (χ2n) is 5.49. The van der Waals surface area contributed by atoms with Gasteiger partial charge in [-0.25, -0.2) is 0 Å². The Balaban J connectivity index is 1.84. The minimum absolute atomic E-state index is 0.115. The first-order valence-electron chi connectivity index (χ1n) is 7.57. The predicted octanol–water partition coefficient (Wildman–Crippen LogP) is 3.21. The van der Waals surface area contributed by atoms with Gasteiger partial charge in [-0.05, 0) is 44.8 Å². The van der Waals surface area contributed by atoms with Gasteiger partial charge in [-0.15, -0.1) is 0 Å². The first-order valence-corrected chi connectivity index (χ1v) is 7.57.